The minimum absolute atomic E-state index is 0.0445. The molecule has 0 bridgehead atoms. The van der Waals surface area contributed by atoms with Gasteiger partial charge in [-0.3, -0.25) is 25.2 Å². The molecule has 2 N–H and O–H groups in total. The number of benzene rings is 1. The van der Waals surface area contributed by atoms with Gasteiger partial charge in [0.15, 0.2) is 6.61 Å². The number of hydrazine groups is 1. The zero-order valence-corrected chi connectivity index (χ0v) is 12.9. The van der Waals surface area contributed by atoms with Gasteiger partial charge >= 0.3 is 5.97 Å². The second-order valence-electron chi connectivity index (χ2n) is 4.68. The van der Waals surface area contributed by atoms with E-state index in [1.807, 2.05) is 32.0 Å². The van der Waals surface area contributed by atoms with Crippen molar-refractivity contribution in [3.63, 3.8) is 0 Å². The Morgan fingerprint density at radius 2 is 1.59 bits per heavy atom. The quantitative estimate of drug-likeness (QED) is 0.598. The van der Waals surface area contributed by atoms with Crippen LogP contribution in [-0.4, -0.2) is 31.5 Å². The maximum atomic E-state index is 11.6. The molecule has 1 rings (SSSR count). The fraction of sp³-hybridized carbons (Fsp3) is 0.400. The Morgan fingerprint density at radius 1 is 1.00 bits per heavy atom. The lowest BCUT2D eigenvalue weighted by atomic mass is 10.1. The van der Waals surface area contributed by atoms with Gasteiger partial charge in [-0.1, -0.05) is 18.2 Å². The third kappa shape index (κ3) is 5.82. The molecule has 1 aromatic rings. The van der Waals surface area contributed by atoms with E-state index >= 15 is 0 Å². The van der Waals surface area contributed by atoms with E-state index in [1.54, 1.807) is 0 Å². The molecule has 0 aromatic heterocycles. The minimum Gasteiger partial charge on any atom is -0.483 e. The summed E-state index contributed by atoms with van der Waals surface area (Å²) in [6.45, 7) is 3.55. The number of para-hydroxylation sites is 1. The van der Waals surface area contributed by atoms with Gasteiger partial charge in [0.1, 0.15) is 5.75 Å². The predicted octanol–water partition coefficient (Wildman–Crippen LogP) is 0.783. The fourth-order valence-electron chi connectivity index (χ4n) is 1.72. The van der Waals surface area contributed by atoms with E-state index < -0.39 is 17.8 Å². The molecule has 0 saturated heterocycles. The monoisotopic (exact) mass is 308 g/mol. The fourth-order valence-corrected chi connectivity index (χ4v) is 1.72. The van der Waals surface area contributed by atoms with Crippen molar-refractivity contribution in [3.8, 4) is 5.75 Å². The van der Waals surface area contributed by atoms with Crippen molar-refractivity contribution in [3.05, 3.63) is 29.3 Å². The molecule has 1 aromatic carbocycles. The molecule has 0 heterocycles. The molecule has 0 saturated carbocycles. The molecule has 0 aliphatic heterocycles. The Hall–Kier alpha value is -2.57. The smallest absolute Gasteiger partial charge is 0.306 e. The van der Waals surface area contributed by atoms with E-state index in [2.05, 4.69) is 15.6 Å². The Labute approximate surface area is 128 Å². The highest BCUT2D eigenvalue weighted by atomic mass is 16.5. The van der Waals surface area contributed by atoms with Gasteiger partial charge in [0.2, 0.25) is 5.91 Å². The molecule has 7 nitrogen and oxygen atoms in total. The minimum atomic E-state index is -0.492. The van der Waals surface area contributed by atoms with Gasteiger partial charge in [-0.25, -0.2) is 0 Å². The lowest BCUT2D eigenvalue weighted by Crippen LogP contribution is -2.43. The first-order valence-corrected chi connectivity index (χ1v) is 6.77. The first kappa shape index (κ1) is 17.5. The number of esters is 1. The highest BCUT2D eigenvalue weighted by molar-refractivity contribution is 5.84. The number of carbonyl (C=O) groups excluding carboxylic acids is 3. The number of rotatable bonds is 6. The molecule has 2 amide bonds. The van der Waals surface area contributed by atoms with Crippen LogP contribution in [0.3, 0.4) is 0 Å². The van der Waals surface area contributed by atoms with Crippen LogP contribution < -0.4 is 15.6 Å². The average molecular weight is 308 g/mol. The SMILES string of the molecule is COC(=O)CCC(=O)NNC(=O)COc1c(C)cccc1C. The molecule has 0 radical (unpaired) electrons. The molecular weight excluding hydrogens is 288 g/mol. The number of hydrogen-bond acceptors (Lipinski definition) is 5. The van der Waals surface area contributed by atoms with Crippen molar-refractivity contribution in [2.45, 2.75) is 26.7 Å². The number of carbonyl (C=O) groups is 3. The zero-order chi connectivity index (χ0) is 16.5. The first-order valence-electron chi connectivity index (χ1n) is 6.77. The van der Waals surface area contributed by atoms with E-state index in [-0.39, 0.29) is 19.4 Å². The van der Waals surface area contributed by atoms with Gasteiger partial charge in [-0.15, -0.1) is 0 Å². The molecule has 0 unspecified atom stereocenters. The van der Waals surface area contributed by atoms with Crippen LogP contribution in [0.15, 0.2) is 18.2 Å². The van der Waals surface area contributed by atoms with Crippen molar-refractivity contribution in [1.29, 1.82) is 0 Å². The van der Waals surface area contributed by atoms with Crippen LogP contribution in [0.1, 0.15) is 24.0 Å². The van der Waals surface area contributed by atoms with E-state index in [0.29, 0.717) is 5.75 Å². The summed E-state index contributed by atoms with van der Waals surface area (Å²) >= 11 is 0. The van der Waals surface area contributed by atoms with Gasteiger partial charge in [-0.05, 0) is 25.0 Å². The van der Waals surface area contributed by atoms with Crippen LogP contribution in [0.5, 0.6) is 5.75 Å². The number of ether oxygens (including phenoxy) is 2. The summed E-state index contributed by atoms with van der Waals surface area (Å²) in [6.07, 6.45) is -0.109. The van der Waals surface area contributed by atoms with Crippen molar-refractivity contribution < 1.29 is 23.9 Å². The van der Waals surface area contributed by atoms with Crippen LogP contribution in [0.4, 0.5) is 0 Å². The molecule has 0 aliphatic carbocycles. The third-order valence-corrected chi connectivity index (χ3v) is 2.88. The zero-order valence-electron chi connectivity index (χ0n) is 12.9. The normalized spacial score (nSPS) is 9.77. The van der Waals surface area contributed by atoms with Crippen LogP contribution >= 0.6 is 0 Å². The highest BCUT2D eigenvalue weighted by Crippen LogP contribution is 2.21. The number of aryl methyl sites for hydroxylation is 2. The number of nitrogens with one attached hydrogen (secondary N) is 2. The Balaban J connectivity index is 2.32. The largest absolute Gasteiger partial charge is 0.483 e. The van der Waals surface area contributed by atoms with Gasteiger partial charge in [0, 0.05) is 6.42 Å². The summed E-state index contributed by atoms with van der Waals surface area (Å²) in [6, 6.07) is 5.67. The molecular formula is C15H20N2O5. The van der Waals surface area contributed by atoms with Crippen molar-refractivity contribution >= 4 is 17.8 Å². The Morgan fingerprint density at radius 3 is 2.18 bits per heavy atom. The predicted molar refractivity (Wildman–Crippen MR) is 78.9 cm³/mol. The first-order chi connectivity index (χ1) is 10.4. The summed E-state index contributed by atoms with van der Waals surface area (Å²) in [5, 5.41) is 0. The second-order valence-corrected chi connectivity index (χ2v) is 4.68. The third-order valence-electron chi connectivity index (χ3n) is 2.88. The molecule has 0 spiro atoms. The molecule has 7 heteroatoms. The average Bonchev–Trinajstić information content (AvgIpc) is 2.50. The van der Waals surface area contributed by atoms with Gasteiger partial charge in [0.05, 0.1) is 13.5 Å². The van der Waals surface area contributed by atoms with Gasteiger partial charge in [0.25, 0.3) is 5.91 Å². The van der Waals surface area contributed by atoms with Gasteiger partial charge in [-0.2, -0.15) is 0 Å². The number of hydrogen-bond donors (Lipinski definition) is 2. The maximum Gasteiger partial charge on any atom is 0.306 e. The van der Waals surface area contributed by atoms with Crippen LogP contribution in [0.25, 0.3) is 0 Å². The van der Waals surface area contributed by atoms with Crippen molar-refractivity contribution in [2.75, 3.05) is 13.7 Å². The second kappa shape index (κ2) is 8.66. The lowest BCUT2D eigenvalue weighted by Gasteiger charge is -2.12. The summed E-state index contributed by atoms with van der Waals surface area (Å²) in [5.41, 5.74) is 6.27. The standard InChI is InChI=1S/C15H20N2O5/c1-10-5-4-6-11(2)15(10)22-9-13(19)17-16-12(18)7-8-14(20)21-3/h4-6H,7-9H2,1-3H3,(H,16,18)(H,17,19). The summed E-state index contributed by atoms with van der Waals surface area (Å²) < 4.78 is 9.85. The van der Waals surface area contributed by atoms with E-state index in [4.69, 9.17) is 4.74 Å². The molecule has 22 heavy (non-hydrogen) atoms. The van der Waals surface area contributed by atoms with Crippen molar-refractivity contribution in [2.24, 2.45) is 0 Å². The van der Waals surface area contributed by atoms with E-state index in [1.165, 1.54) is 7.11 Å². The molecule has 0 fully saturated rings. The van der Waals surface area contributed by atoms with Gasteiger partial charge < -0.3 is 9.47 Å². The number of methoxy groups -OCH3 is 1. The Kier molecular flexibility index (Phi) is 6.88. The molecule has 0 aliphatic rings. The number of amides is 2. The summed E-state index contributed by atoms with van der Waals surface area (Å²) in [4.78, 5) is 33.8. The highest BCUT2D eigenvalue weighted by Gasteiger charge is 2.10. The maximum absolute atomic E-state index is 11.6. The van der Waals surface area contributed by atoms with Crippen LogP contribution in [-0.2, 0) is 19.1 Å². The van der Waals surface area contributed by atoms with Crippen molar-refractivity contribution in [1.82, 2.24) is 10.9 Å². The van der Waals surface area contributed by atoms with Crippen LogP contribution in [0, 0.1) is 13.8 Å². The molecule has 0 atom stereocenters. The Bertz CT molecular complexity index is 537. The van der Waals surface area contributed by atoms with E-state index in [0.717, 1.165) is 11.1 Å². The summed E-state index contributed by atoms with van der Waals surface area (Å²) in [5.74, 6) is -0.811. The lowest BCUT2D eigenvalue weighted by molar-refractivity contribution is -0.142. The summed E-state index contributed by atoms with van der Waals surface area (Å²) in [7, 11) is 1.24. The van der Waals surface area contributed by atoms with Crippen LogP contribution in [0.2, 0.25) is 0 Å². The molecule has 120 valence electrons. The van der Waals surface area contributed by atoms with E-state index in [9.17, 15) is 14.4 Å². The topological polar surface area (TPSA) is 93.7 Å².